The fourth-order valence-electron chi connectivity index (χ4n) is 3.99. The van der Waals surface area contributed by atoms with Gasteiger partial charge >= 0.3 is 0 Å². The van der Waals surface area contributed by atoms with Crippen LogP contribution in [-0.4, -0.2) is 41.6 Å². The Morgan fingerprint density at radius 1 is 1.27 bits per heavy atom. The molecule has 2 fully saturated rings. The molecule has 1 saturated heterocycles. The first kappa shape index (κ1) is 19.3. The van der Waals surface area contributed by atoms with Gasteiger partial charge in [0.05, 0.1) is 11.1 Å². The molecule has 2 aliphatic rings. The van der Waals surface area contributed by atoms with Crippen molar-refractivity contribution >= 4 is 22.4 Å². The standard InChI is InChI=1S/C17H21FN4O2S.ClH/c1-11-7-20-22(8-11)17-5-3-13(6-15(17)18)25(23,24)21-9-12-2-4-16(19)14(12)10-21;/h3,5-8,12,14,16H,2,4,9-10,19H2,1H3;1H. The fraction of sp³-hybridized carbons (Fsp3) is 0.471. The highest BCUT2D eigenvalue weighted by Crippen LogP contribution is 2.39. The molecule has 4 rings (SSSR count). The van der Waals surface area contributed by atoms with E-state index in [0.717, 1.165) is 24.5 Å². The summed E-state index contributed by atoms with van der Waals surface area (Å²) in [5.41, 5.74) is 7.21. The van der Waals surface area contributed by atoms with E-state index in [4.69, 9.17) is 5.73 Å². The Kier molecular flexibility index (Phi) is 5.13. The lowest BCUT2D eigenvalue weighted by atomic mass is 9.98. The van der Waals surface area contributed by atoms with Crippen molar-refractivity contribution in [3.63, 3.8) is 0 Å². The molecule has 26 heavy (non-hydrogen) atoms. The minimum atomic E-state index is -3.71. The highest BCUT2D eigenvalue weighted by atomic mass is 35.5. The van der Waals surface area contributed by atoms with E-state index in [1.165, 1.54) is 21.1 Å². The molecule has 3 unspecified atom stereocenters. The summed E-state index contributed by atoms with van der Waals surface area (Å²) in [5, 5.41) is 4.07. The second-order valence-electron chi connectivity index (χ2n) is 7.06. The molecule has 1 aromatic carbocycles. The number of aromatic nitrogens is 2. The summed E-state index contributed by atoms with van der Waals surface area (Å²) in [7, 11) is -3.71. The molecule has 2 N–H and O–H groups in total. The molecule has 1 aliphatic heterocycles. The zero-order chi connectivity index (χ0) is 17.8. The molecule has 2 heterocycles. The Labute approximate surface area is 158 Å². The van der Waals surface area contributed by atoms with Gasteiger partial charge in [0.25, 0.3) is 0 Å². The fourth-order valence-corrected chi connectivity index (χ4v) is 5.54. The van der Waals surface area contributed by atoms with Gasteiger partial charge in [-0.15, -0.1) is 12.4 Å². The van der Waals surface area contributed by atoms with Crippen LogP contribution in [0.3, 0.4) is 0 Å². The topological polar surface area (TPSA) is 81.2 Å². The van der Waals surface area contributed by atoms with Crippen molar-refractivity contribution in [2.45, 2.75) is 30.7 Å². The molecule has 0 spiro atoms. The number of nitrogens with two attached hydrogens (primary N) is 1. The van der Waals surface area contributed by atoms with Crippen LogP contribution in [0.25, 0.3) is 5.69 Å². The summed E-state index contributed by atoms with van der Waals surface area (Å²) in [6, 6.07) is 4.04. The summed E-state index contributed by atoms with van der Waals surface area (Å²) < 4.78 is 43.1. The third-order valence-electron chi connectivity index (χ3n) is 5.39. The third-order valence-corrected chi connectivity index (χ3v) is 7.22. The van der Waals surface area contributed by atoms with Gasteiger partial charge in [-0.1, -0.05) is 0 Å². The first-order valence-electron chi connectivity index (χ1n) is 8.43. The lowest BCUT2D eigenvalue weighted by Gasteiger charge is -2.19. The Bertz CT molecular complexity index is 917. The summed E-state index contributed by atoms with van der Waals surface area (Å²) in [4.78, 5) is -0.0221. The molecule has 142 valence electrons. The SMILES string of the molecule is Cc1cnn(-c2ccc(S(=O)(=O)N3CC4CCC(N)C4C3)cc2F)c1.Cl. The van der Waals surface area contributed by atoms with Crippen LogP contribution in [0.1, 0.15) is 18.4 Å². The highest BCUT2D eigenvalue weighted by molar-refractivity contribution is 7.89. The maximum Gasteiger partial charge on any atom is 0.243 e. The predicted molar refractivity (Wildman–Crippen MR) is 98.5 cm³/mol. The summed E-state index contributed by atoms with van der Waals surface area (Å²) in [6.07, 6.45) is 5.23. The molecule has 1 saturated carbocycles. The van der Waals surface area contributed by atoms with E-state index in [2.05, 4.69) is 5.10 Å². The molecule has 0 amide bonds. The number of hydrogen-bond donors (Lipinski definition) is 1. The van der Waals surface area contributed by atoms with E-state index in [-0.39, 0.29) is 34.9 Å². The van der Waals surface area contributed by atoms with Crippen LogP contribution >= 0.6 is 12.4 Å². The lowest BCUT2D eigenvalue weighted by molar-refractivity contribution is 0.426. The molecule has 2 aromatic rings. The lowest BCUT2D eigenvalue weighted by Crippen LogP contribution is -2.33. The van der Waals surface area contributed by atoms with Gasteiger partial charge in [-0.25, -0.2) is 17.5 Å². The number of rotatable bonds is 3. The molecular weight excluding hydrogens is 379 g/mol. The van der Waals surface area contributed by atoms with Crippen molar-refractivity contribution in [1.82, 2.24) is 14.1 Å². The molecule has 1 aromatic heterocycles. The highest BCUT2D eigenvalue weighted by Gasteiger charge is 2.45. The first-order chi connectivity index (χ1) is 11.9. The zero-order valence-electron chi connectivity index (χ0n) is 14.4. The van der Waals surface area contributed by atoms with E-state index in [1.54, 1.807) is 12.4 Å². The predicted octanol–water partition coefficient (Wildman–Crippen LogP) is 2.10. The molecule has 9 heteroatoms. The molecule has 0 radical (unpaired) electrons. The van der Waals surface area contributed by atoms with Gasteiger partial charge in [-0.2, -0.15) is 9.40 Å². The van der Waals surface area contributed by atoms with Crippen LogP contribution in [0.15, 0.2) is 35.5 Å². The minimum Gasteiger partial charge on any atom is -0.327 e. The van der Waals surface area contributed by atoms with Gasteiger partial charge in [0.1, 0.15) is 11.5 Å². The third kappa shape index (κ3) is 3.15. The maximum atomic E-state index is 14.5. The van der Waals surface area contributed by atoms with Gasteiger partial charge in [-0.3, -0.25) is 0 Å². The average Bonchev–Trinajstić information content (AvgIpc) is 3.25. The number of nitrogens with zero attached hydrogens (tertiary/aromatic N) is 3. The Morgan fingerprint density at radius 3 is 2.65 bits per heavy atom. The Hall–Kier alpha value is -1.48. The molecular formula is C17H22ClFN4O2S. The van der Waals surface area contributed by atoms with Crippen molar-refractivity contribution in [1.29, 1.82) is 0 Å². The second kappa shape index (κ2) is 6.92. The molecule has 1 aliphatic carbocycles. The van der Waals surface area contributed by atoms with E-state index < -0.39 is 15.8 Å². The monoisotopic (exact) mass is 400 g/mol. The normalized spacial score (nSPS) is 25.9. The molecule has 3 atom stereocenters. The number of aryl methyl sites for hydroxylation is 1. The first-order valence-corrected chi connectivity index (χ1v) is 9.87. The number of hydrogen-bond acceptors (Lipinski definition) is 4. The van der Waals surface area contributed by atoms with Crippen LogP contribution in [0, 0.1) is 24.6 Å². The van der Waals surface area contributed by atoms with Crippen molar-refractivity contribution in [3.05, 3.63) is 42.0 Å². The van der Waals surface area contributed by atoms with Gasteiger partial charge in [0.15, 0.2) is 0 Å². The van der Waals surface area contributed by atoms with Crippen LogP contribution < -0.4 is 5.73 Å². The number of halogens is 2. The van der Waals surface area contributed by atoms with E-state index in [0.29, 0.717) is 19.0 Å². The van der Waals surface area contributed by atoms with Gasteiger partial charge in [-0.05, 0) is 55.4 Å². The van der Waals surface area contributed by atoms with Gasteiger partial charge in [0.2, 0.25) is 10.0 Å². The van der Waals surface area contributed by atoms with Crippen LogP contribution in [-0.2, 0) is 10.0 Å². The van der Waals surface area contributed by atoms with E-state index in [1.807, 2.05) is 6.92 Å². The molecule has 6 nitrogen and oxygen atoms in total. The van der Waals surface area contributed by atoms with E-state index in [9.17, 15) is 12.8 Å². The minimum absolute atomic E-state index is 0. The smallest absolute Gasteiger partial charge is 0.243 e. The Balaban J connectivity index is 0.00000196. The summed E-state index contributed by atoms with van der Waals surface area (Å²) in [5.74, 6) is -0.0767. The van der Waals surface area contributed by atoms with Crippen molar-refractivity contribution in [3.8, 4) is 5.69 Å². The van der Waals surface area contributed by atoms with Crippen molar-refractivity contribution in [2.75, 3.05) is 13.1 Å². The maximum absolute atomic E-state index is 14.5. The number of fused-ring (bicyclic) bond motifs is 1. The summed E-state index contributed by atoms with van der Waals surface area (Å²) >= 11 is 0. The van der Waals surface area contributed by atoms with Gasteiger partial charge < -0.3 is 5.73 Å². The summed E-state index contributed by atoms with van der Waals surface area (Å²) in [6.45, 7) is 2.76. The Morgan fingerprint density at radius 2 is 2.04 bits per heavy atom. The van der Waals surface area contributed by atoms with Gasteiger partial charge in [0, 0.05) is 25.3 Å². The van der Waals surface area contributed by atoms with Crippen LogP contribution in [0.4, 0.5) is 4.39 Å². The zero-order valence-corrected chi connectivity index (χ0v) is 16.0. The number of sulfonamides is 1. The van der Waals surface area contributed by atoms with Crippen molar-refractivity contribution in [2.24, 2.45) is 17.6 Å². The average molecular weight is 401 g/mol. The number of benzene rings is 1. The molecule has 0 bridgehead atoms. The van der Waals surface area contributed by atoms with Crippen molar-refractivity contribution < 1.29 is 12.8 Å². The largest absolute Gasteiger partial charge is 0.327 e. The van der Waals surface area contributed by atoms with Crippen LogP contribution in [0.2, 0.25) is 0 Å². The van der Waals surface area contributed by atoms with E-state index >= 15 is 0 Å². The second-order valence-corrected chi connectivity index (χ2v) is 9.00. The van der Waals surface area contributed by atoms with Crippen LogP contribution in [0.5, 0.6) is 0 Å². The quantitative estimate of drug-likeness (QED) is 0.855.